The fourth-order valence-electron chi connectivity index (χ4n) is 1.08. The number of benzene rings is 1. The van der Waals surface area contributed by atoms with E-state index in [1.54, 1.807) is 6.92 Å². The van der Waals surface area contributed by atoms with Crippen LogP contribution >= 0.6 is 0 Å². The van der Waals surface area contributed by atoms with Gasteiger partial charge in [0, 0.05) is 11.8 Å². The summed E-state index contributed by atoms with van der Waals surface area (Å²) in [6.07, 6.45) is 1.27. The molecule has 13 heavy (non-hydrogen) atoms. The van der Waals surface area contributed by atoms with E-state index in [0.717, 1.165) is 5.56 Å². The highest BCUT2D eigenvalue weighted by Gasteiger charge is 2.04. The van der Waals surface area contributed by atoms with Gasteiger partial charge >= 0.3 is 0 Å². The predicted octanol–water partition coefficient (Wildman–Crippen LogP) is 1.66. The summed E-state index contributed by atoms with van der Waals surface area (Å²) in [7, 11) is 0. The number of aryl methyl sites for hydroxylation is 1. The Hall–Kier alpha value is -1.51. The second kappa shape index (κ2) is 3.47. The Kier molecular flexibility index (Phi) is 2.56. The first-order chi connectivity index (χ1) is 6.06. The first kappa shape index (κ1) is 9.58. The Labute approximate surface area is 77.0 Å². The summed E-state index contributed by atoms with van der Waals surface area (Å²) in [5.74, 6) is -0.250. The molecule has 0 aromatic heterocycles. The van der Waals surface area contributed by atoms with E-state index >= 15 is 0 Å². The zero-order valence-electron chi connectivity index (χ0n) is 7.76. The van der Waals surface area contributed by atoms with Crippen molar-refractivity contribution in [3.05, 3.63) is 40.8 Å². The van der Waals surface area contributed by atoms with Crippen molar-refractivity contribution in [1.29, 1.82) is 0 Å². The Morgan fingerprint density at radius 1 is 1.38 bits per heavy atom. The highest BCUT2D eigenvalue weighted by atomic mass is 19.1. The lowest BCUT2D eigenvalue weighted by atomic mass is 10.0. The first-order valence-electron chi connectivity index (χ1n) is 4.00. The van der Waals surface area contributed by atoms with Gasteiger partial charge in [0.25, 0.3) is 0 Å². The van der Waals surface area contributed by atoms with Crippen LogP contribution < -0.4 is 11.5 Å². The molecule has 0 unspecified atom stereocenters. The van der Waals surface area contributed by atoms with Crippen LogP contribution in [0, 0.1) is 19.7 Å². The Balaban J connectivity index is 3.29. The number of rotatable bonds is 1. The van der Waals surface area contributed by atoms with Crippen LogP contribution in [-0.2, 0) is 0 Å². The molecule has 0 saturated carbocycles. The summed E-state index contributed by atoms with van der Waals surface area (Å²) in [6, 6.07) is 3.21. The SMILES string of the molecule is Cc1cc(/C(N)=C/N)cc(F)c1C. The molecular weight excluding hydrogens is 167 g/mol. The Morgan fingerprint density at radius 3 is 2.46 bits per heavy atom. The van der Waals surface area contributed by atoms with E-state index < -0.39 is 0 Å². The third kappa shape index (κ3) is 1.80. The largest absolute Gasteiger partial charge is 0.403 e. The summed E-state index contributed by atoms with van der Waals surface area (Å²) in [4.78, 5) is 0. The first-order valence-corrected chi connectivity index (χ1v) is 4.00. The maximum absolute atomic E-state index is 13.2. The molecule has 1 rings (SSSR count). The van der Waals surface area contributed by atoms with Gasteiger partial charge in [0.1, 0.15) is 5.82 Å². The zero-order valence-corrected chi connectivity index (χ0v) is 7.76. The minimum atomic E-state index is -0.250. The molecule has 3 heteroatoms. The van der Waals surface area contributed by atoms with Gasteiger partial charge in [0.2, 0.25) is 0 Å². The topological polar surface area (TPSA) is 52.0 Å². The van der Waals surface area contributed by atoms with Crippen LogP contribution in [0.5, 0.6) is 0 Å². The molecule has 2 nitrogen and oxygen atoms in total. The van der Waals surface area contributed by atoms with E-state index in [1.807, 2.05) is 13.0 Å². The molecule has 70 valence electrons. The zero-order chi connectivity index (χ0) is 10.0. The van der Waals surface area contributed by atoms with Gasteiger partial charge in [-0.15, -0.1) is 0 Å². The van der Waals surface area contributed by atoms with E-state index in [1.165, 1.54) is 12.3 Å². The van der Waals surface area contributed by atoms with Gasteiger partial charge in [0.05, 0.1) is 5.70 Å². The summed E-state index contributed by atoms with van der Waals surface area (Å²) in [5, 5.41) is 0. The molecule has 0 aliphatic rings. The third-order valence-corrected chi connectivity index (χ3v) is 2.12. The van der Waals surface area contributed by atoms with Gasteiger partial charge in [-0.3, -0.25) is 0 Å². The maximum Gasteiger partial charge on any atom is 0.127 e. The van der Waals surface area contributed by atoms with Crippen molar-refractivity contribution in [2.75, 3.05) is 0 Å². The Bertz CT molecular complexity index is 333. The van der Waals surface area contributed by atoms with Crippen molar-refractivity contribution in [2.45, 2.75) is 13.8 Å². The summed E-state index contributed by atoms with van der Waals surface area (Å²) in [6.45, 7) is 3.57. The van der Waals surface area contributed by atoms with Gasteiger partial charge in [-0.1, -0.05) is 0 Å². The van der Waals surface area contributed by atoms with E-state index in [-0.39, 0.29) is 5.82 Å². The number of halogens is 1. The van der Waals surface area contributed by atoms with Crippen molar-refractivity contribution in [1.82, 2.24) is 0 Å². The molecule has 0 atom stereocenters. The molecule has 4 N–H and O–H groups in total. The number of hydrogen-bond donors (Lipinski definition) is 2. The van der Waals surface area contributed by atoms with E-state index in [9.17, 15) is 4.39 Å². The van der Waals surface area contributed by atoms with Crippen LogP contribution in [0.15, 0.2) is 18.3 Å². The minimum absolute atomic E-state index is 0.250. The third-order valence-electron chi connectivity index (χ3n) is 2.12. The van der Waals surface area contributed by atoms with Gasteiger partial charge < -0.3 is 11.5 Å². The van der Waals surface area contributed by atoms with Crippen molar-refractivity contribution in [3.63, 3.8) is 0 Å². The van der Waals surface area contributed by atoms with E-state index in [2.05, 4.69) is 0 Å². The van der Waals surface area contributed by atoms with Crippen LogP contribution in [0.3, 0.4) is 0 Å². The molecule has 1 aromatic carbocycles. The second-order valence-electron chi connectivity index (χ2n) is 3.02. The van der Waals surface area contributed by atoms with E-state index in [4.69, 9.17) is 11.5 Å². The molecule has 0 aliphatic carbocycles. The molecule has 0 saturated heterocycles. The standard InChI is InChI=1S/C10H13FN2/c1-6-3-8(10(13)5-12)4-9(11)7(6)2/h3-5H,12-13H2,1-2H3/b10-5-. The molecule has 1 aromatic rings. The minimum Gasteiger partial charge on any atom is -0.403 e. The van der Waals surface area contributed by atoms with Gasteiger partial charge in [-0.25, -0.2) is 4.39 Å². The highest BCUT2D eigenvalue weighted by Crippen LogP contribution is 2.17. The average molecular weight is 180 g/mol. The van der Waals surface area contributed by atoms with Crippen molar-refractivity contribution in [3.8, 4) is 0 Å². The van der Waals surface area contributed by atoms with Gasteiger partial charge in [-0.2, -0.15) is 0 Å². The van der Waals surface area contributed by atoms with Crippen LogP contribution in [-0.4, -0.2) is 0 Å². The normalized spacial score (nSPS) is 11.8. The number of hydrogen-bond acceptors (Lipinski definition) is 2. The van der Waals surface area contributed by atoms with Crippen molar-refractivity contribution in [2.24, 2.45) is 11.5 Å². The fourth-order valence-corrected chi connectivity index (χ4v) is 1.08. The Morgan fingerprint density at radius 2 is 2.00 bits per heavy atom. The fraction of sp³-hybridized carbons (Fsp3) is 0.200. The quantitative estimate of drug-likeness (QED) is 0.690. The second-order valence-corrected chi connectivity index (χ2v) is 3.02. The molecule has 0 heterocycles. The molecule has 0 aliphatic heterocycles. The lowest BCUT2D eigenvalue weighted by Crippen LogP contribution is -2.01. The summed E-state index contributed by atoms with van der Waals surface area (Å²) >= 11 is 0. The number of nitrogens with two attached hydrogens (primary N) is 2. The van der Waals surface area contributed by atoms with Crippen LogP contribution in [0.1, 0.15) is 16.7 Å². The van der Waals surface area contributed by atoms with Gasteiger partial charge in [-0.05, 0) is 37.1 Å². The summed E-state index contributed by atoms with van der Waals surface area (Å²) < 4.78 is 13.2. The molecule has 0 radical (unpaired) electrons. The lowest BCUT2D eigenvalue weighted by molar-refractivity contribution is 0.616. The van der Waals surface area contributed by atoms with Crippen molar-refractivity contribution < 1.29 is 4.39 Å². The molecule has 0 spiro atoms. The van der Waals surface area contributed by atoms with Crippen molar-refractivity contribution >= 4 is 5.70 Å². The molecule has 0 bridgehead atoms. The molecular formula is C10H13FN2. The van der Waals surface area contributed by atoms with Crippen LogP contribution in [0.4, 0.5) is 4.39 Å². The monoisotopic (exact) mass is 180 g/mol. The van der Waals surface area contributed by atoms with E-state index in [0.29, 0.717) is 16.8 Å². The van der Waals surface area contributed by atoms with Gasteiger partial charge in [0.15, 0.2) is 0 Å². The smallest absolute Gasteiger partial charge is 0.127 e. The molecule has 0 amide bonds. The highest BCUT2D eigenvalue weighted by molar-refractivity contribution is 5.63. The summed E-state index contributed by atoms with van der Waals surface area (Å²) in [5.41, 5.74) is 13.3. The predicted molar refractivity (Wildman–Crippen MR) is 52.2 cm³/mol. The average Bonchev–Trinajstić information content (AvgIpc) is 2.12. The maximum atomic E-state index is 13.2. The van der Waals surface area contributed by atoms with Crippen LogP contribution in [0.2, 0.25) is 0 Å². The molecule has 0 fully saturated rings. The lowest BCUT2D eigenvalue weighted by Gasteiger charge is -2.06. The van der Waals surface area contributed by atoms with Crippen LogP contribution in [0.25, 0.3) is 5.70 Å².